The van der Waals surface area contributed by atoms with Gasteiger partial charge in [0.2, 0.25) is 11.8 Å². The molecule has 0 spiro atoms. The Balaban J connectivity index is 1.71. The van der Waals surface area contributed by atoms with E-state index in [1.807, 2.05) is 29.3 Å². The fourth-order valence-corrected chi connectivity index (χ4v) is 4.01. The number of carbonyl (C=O) groups is 2. The molecule has 13 heteroatoms. The van der Waals surface area contributed by atoms with E-state index in [4.69, 9.17) is 17.2 Å². The minimum Gasteiger partial charge on any atom is -0.343 e. The molecule has 0 unspecified atom stereocenters. The number of pyridine rings is 1. The zero-order valence-corrected chi connectivity index (χ0v) is 22.0. The quantitative estimate of drug-likeness (QED) is 0.161. The lowest BCUT2D eigenvalue weighted by molar-refractivity contribution is -0.137. The maximum absolute atomic E-state index is 13.3. The van der Waals surface area contributed by atoms with Gasteiger partial charge in [-0.25, -0.2) is 5.01 Å². The van der Waals surface area contributed by atoms with Crippen molar-refractivity contribution in [3.8, 4) is 0 Å². The molecular formula is C27H35F3N8O2. The second kappa shape index (κ2) is 14.7. The van der Waals surface area contributed by atoms with Gasteiger partial charge in [0, 0.05) is 44.5 Å². The van der Waals surface area contributed by atoms with Gasteiger partial charge in [-0.05, 0) is 36.2 Å². The Morgan fingerprint density at radius 2 is 1.65 bits per heavy atom. The lowest BCUT2D eigenvalue weighted by atomic mass is 10.0. The van der Waals surface area contributed by atoms with E-state index in [0.29, 0.717) is 44.0 Å². The number of halogens is 3. The first-order valence-electron chi connectivity index (χ1n) is 12.9. The molecule has 1 aromatic heterocycles. The molecule has 0 aliphatic carbocycles. The third-order valence-corrected chi connectivity index (χ3v) is 6.14. The Morgan fingerprint density at radius 3 is 2.30 bits per heavy atom. The van der Waals surface area contributed by atoms with Crippen molar-refractivity contribution in [2.45, 2.75) is 31.1 Å². The maximum atomic E-state index is 13.3. The maximum Gasteiger partial charge on any atom is 0.416 e. The SMILES string of the molecule is NCCN(CCN)NCC[C@H](N)C(=O)N[C@@H](Cc1ccc(C(F)(F)F)cc1)C(=O)Nc1cnc2ccccc2c1. The van der Waals surface area contributed by atoms with Crippen molar-refractivity contribution >= 4 is 28.4 Å². The number of amides is 2. The highest BCUT2D eigenvalue weighted by molar-refractivity contribution is 5.99. The van der Waals surface area contributed by atoms with Crippen LogP contribution in [0.3, 0.4) is 0 Å². The molecule has 3 rings (SSSR count). The summed E-state index contributed by atoms with van der Waals surface area (Å²) in [6.07, 6.45) is -2.80. The third-order valence-electron chi connectivity index (χ3n) is 6.14. The third kappa shape index (κ3) is 9.24. The highest BCUT2D eigenvalue weighted by Crippen LogP contribution is 2.29. The lowest BCUT2D eigenvalue weighted by Crippen LogP contribution is -2.52. The molecular weight excluding hydrogens is 525 g/mol. The summed E-state index contributed by atoms with van der Waals surface area (Å²) in [5.74, 6) is -1.14. The van der Waals surface area contributed by atoms with Gasteiger partial charge in [-0.15, -0.1) is 0 Å². The number of hydrogen-bond acceptors (Lipinski definition) is 8. The second-order valence-electron chi connectivity index (χ2n) is 9.23. The van der Waals surface area contributed by atoms with Crippen LogP contribution in [0.25, 0.3) is 10.9 Å². The molecule has 2 amide bonds. The van der Waals surface area contributed by atoms with Crippen LogP contribution < -0.4 is 33.3 Å². The van der Waals surface area contributed by atoms with Gasteiger partial charge >= 0.3 is 6.18 Å². The van der Waals surface area contributed by atoms with Gasteiger partial charge in [-0.1, -0.05) is 30.3 Å². The number of hydrazine groups is 1. The van der Waals surface area contributed by atoms with Crippen LogP contribution in [0.2, 0.25) is 0 Å². The Bertz CT molecular complexity index is 1250. The summed E-state index contributed by atoms with van der Waals surface area (Å²) in [6, 6.07) is 11.5. The fraction of sp³-hybridized carbons (Fsp3) is 0.370. The van der Waals surface area contributed by atoms with Gasteiger partial charge in [0.1, 0.15) is 6.04 Å². The van der Waals surface area contributed by atoms with E-state index in [1.165, 1.54) is 18.3 Å². The number of carbonyl (C=O) groups excluding carboxylic acids is 2. The Labute approximate surface area is 230 Å². The number of aromatic nitrogens is 1. The molecule has 0 saturated carbocycles. The largest absolute Gasteiger partial charge is 0.416 e. The Kier molecular flexibility index (Phi) is 11.3. The van der Waals surface area contributed by atoms with Crippen molar-refractivity contribution in [1.29, 1.82) is 0 Å². The minimum absolute atomic E-state index is 0.0531. The van der Waals surface area contributed by atoms with Crippen LogP contribution in [0.4, 0.5) is 18.9 Å². The van der Waals surface area contributed by atoms with E-state index in [1.54, 1.807) is 6.07 Å². The second-order valence-corrected chi connectivity index (χ2v) is 9.23. The van der Waals surface area contributed by atoms with Crippen LogP contribution in [-0.2, 0) is 22.2 Å². The number of rotatable bonds is 14. The summed E-state index contributed by atoms with van der Waals surface area (Å²) < 4.78 is 39.0. The summed E-state index contributed by atoms with van der Waals surface area (Å²) in [4.78, 5) is 30.5. The van der Waals surface area contributed by atoms with Crippen molar-refractivity contribution in [2.24, 2.45) is 17.2 Å². The number of anilines is 1. The molecule has 0 aliphatic rings. The molecule has 2 aromatic carbocycles. The Hall–Kier alpha value is -3.62. The molecule has 216 valence electrons. The first-order chi connectivity index (χ1) is 19.1. The van der Waals surface area contributed by atoms with E-state index in [0.717, 1.165) is 23.0 Å². The highest BCUT2D eigenvalue weighted by Gasteiger charge is 2.30. The summed E-state index contributed by atoms with van der Waals surface area (Å²) in [6.45, 7) is 2.35. The predicted molar refractivity (Wildman–Crippen MR) is 148 cm³/mol. The van der Waals surface area contributed by atoms with Crippen LogP contribution >= 0.6 is 0 Å². The fourth-order valence-electron chi connectivity index (χ4n) is 4.01. The van der Waals surface area contributed by atoms with Crippen molar-refractivity contribution in [3.63, 3.8) is 0 Å². The molecule has 1 heterocycles. The average Bonchev–Trinajstić information content (AvgIpc) is 2.92. The molecule has 0 radical (unpaired) electrons. The van der Waals surface area contributed by atoms with Gasteiger partial charge in [0.25, 0.3) is 0 Å². The number of nitrogens with one attached hydrogen (secondary N) is 3. The first kappa shape index (κ1) is 30.9. The molecule has 3 aromatic rings. The summed E-state index contributed by atoms with van der Waals surface area (Å²) in [5, 5.41) is 8.04. The number of alkyl halides is 3. The van der Waals surface area contributed by atoms with E-state index < -0.39 is 35.6 Å². The summed E-state index contributed by atoms with van der Waals surface area (Å²) >= 11 is 0. The van der Waals surface area contributed by atoms with Crippen LogP contribution in [0.5, 0.6) is 0 Å². The minimum atomic E-state index is -4.49. The molecule has 40 heavy (non-hydrogen) atoms. The molecule has 0 bridgehead atoms. The van der Waals surface area contributed by atoms with Crippen LogP contribution in [-0.4, -0.2) is 66.6 Å². The van der Waals surface area contributed by atoms with Gasteiger partial charge in [-0.3, -0.25) is 20.0 Å². The van der Waals surface area contributed by atoms with Crippen molar-refractivity contribution in [2.75, 3.05) is 38.0 Å². The van der Waals surface area contributed by atoms with E-state index in [2.05, 4.69) is 21.0 Å². The molecule has 9 N–H and O–H groups in total. The average molecular weight is 561 g/mol. The number of nitrogens with zero attached hydrogens (tertiary/aromatic N) is 2. The molecule has 0 fully saturated rings. The van der Waals surface area contributed by atoms with E-state index in [-0.39, 0.29) is 12.8 Å². The van der Waals surface area contributed by atoms with Gasteiger partial charge < -0.3 is 27.8 Å². The molecule has 0 saturated heterocycles. The normalized spacial score (nSPS) is 13.3. The van der Waals surface area contributed by atoms with Crippen LogP contribution in [0, 0.1) is 0 Å². The van der Waals surface area contributed by atoms with E-state index in [9.17, 15) is 22.8 Å². The van der Waals surface area contributed by atoms with Crippen LogP contribution in [0.15, 0.2) is 60.8 Å². The van der Waals surface area contributed by atoms with Crippen molar-refractivity contribution in [1.82, 2.24) is 20.7 Å². The molecule has 10 nitrogen and oxygen atoms in total. The lowest BCUT2D eigenvalue weighted by Gasteiger charge is -2.24. The van der Waals surface area contributed by atoms with Gasteiger partial charge in [0.15, 0.2) is 0 Å². The monoisotopic (exact) mass is 560 g/mol. The van der Waals surface area contributed by atoms with Crippen LogP contribution in [0.1, 0.15) is 17.5 Å². The number of benzene rings is 2. The summed E-state index contributed by atoms with van der Waals surface area (Å²) in [5.41, 5.74) is 21.2. The number of para-hydroxylation sites is 1. The zero-order chi connectivity index (χ0) is 29.1. The standard InChI is InChI=1S/C27H35F3N8O2/c28-27(29,30)20-7-5-18(6-8-20)15-24(26(40)36-21-16-19-3-1-2-4-23(19)34-17-21)37-25(39)22(33)9-12-35-38(13-10-31)14-11-32/h1-8,16-17,22,24,35H,9-15,31-33H2,(H,36,40)(H,37,39)/t22-,24-/m0/s1. The molecule has 2 atom stereocenters. The van der Waals surface area contributed by atoms with Crippen molar-refractivity contribution < 1.29 is 22.8 Å². The number of hydrogen-bond donors (Lipinski definition) is 6. The van der Waals surface area contributed by atoms with E-state index >= 15 is 0 Å². The topological polar surface area (TPSA) is 164 Å². The predicted octanol–water partition coefficient (Wildman–Crippen LogP) is 1.36. The molecule has 0 aliphatic heterocycles. The van der Waals surface area contributed by atoms with Gasteiger partial charge in [0.05, 0.1) is 29.0 Å². The summed E-state index contributed by atoms with van der Waals surface area (Å²) in [7, 11) is 0. The highest BCUT2D eigenvalue weighted by atomic mass is 19.4. The number of nitrogens with two attached hydrogens (primary N) is 3. The zero-order valence-electron chi connectivity index (χ0n) is 22.0. The van der Waals surface area contributed by atoms with Gasteiger partial charge in [-0.2, -0.15) is 13.2 Å². The smallest absolute Gasteiger partial charge is 0.343 e. The Morgan fingerprint density at radius 1 is 0.975 bits per heavy atom. The van der Waals surface area contributed by atoms with Crippen molar-refractivity contribution in [3.05, 3.63) is 71.9 Å². The number of fused-ring (bicyclic) bond motifs is 1. The first-order valence-corrected chi connectivity index (χ1v) is 12.9.